The monoisotopic (exact) mass is 986 g/mol. The molecule has 5 N–H and O–H groups in total. The Hall–Kier alpha value is -8.89. The molecule has 73 heavy (non-hydrogen) atoms. The number of hydrogen-bond donors (Lipinski definition) is 5. The second-order valence-electron chi connectivity index (χ2n) is 18.5. The van der Waals surface area contributed by atoms with Crippen molar-refractivity contribution in [2.75, 3.05) is 18.4 Å². The molecule has 0 saturated carbocycles. The van der Waals surface area contributed by atoms with Crippen LogP contribution in [0.2, 0.25) is 0 Å². The van der Waals surface area contributed by atoms with E-state index in [0.717, 1.165) is 125 Å². The summed E-state index contributed by atoms with van der Waals surface area (Å²) in [6.45, 7) is 3.16. The number of fused-ring (bicyclic) bond motifs is 4. The maximum atomic E-state index is 13.3. The lowest BCUT2D eigenvalue weighted by molar-refractivity contribution is 0.102. The predicted octanol–water partition coefficient (Wildman–Crippen LogP) is 13.6. The number of hydrogen-bond acceptors (Lipinski definition) is 10. The lowest BCUT2D eigenvalue weighted by atomic mass is 10.0. The van der Waals surface area contributed by atoms with Gasteiger partial charge in [0.1, 0.15) is 11.4 Å². The molecule has 13 aromatic rings. The minimum absolute atomic E-state index is 0.219. The summed E-state index contributed by atoms with van der Waals surface area (Å²) in [5.41, 5.74) is 16.6. The number of carbonyl (C=O) groups is 1. The van der Waals surface area contributed by atoms with Gasteiger partial charge < -0.3 is 15.3 Å². The summed E-state index contributed by atoms with van der Waals surface area (Å²) in [5.74, 6) is -0.219. The number of likely N-dealkylation sites (tertiary alicyclic amines) is 1. The fourth-order valence-corrected chi connectivity index (χ4v) is 11.9. The van der Waals surface area contributed by atoms with Crippen LogP contribution in [0.25, 0.3) is 121 Å². The van der Waals surface area contributed by atoms with Crippen LogP contribution in [0.4, 0.5) is 5.69 Å². The average Bonchev–Trinajstić information content (AvgIpc) is 4.29. The van der Waals surface area contributed by atoms with Crippen molar-refractivity contribution < 1.29 is 4.79 Å². The van der Waals surface area contributed by atoms with Crippen LogP contribution in [0, 0.1) is 0 Å². The molecule has 1 fully saturated rings. The third-order valence-corrected chi connectivity index (χ3v) is 15.7. The quantitative estimate of drug-likeness (QED) is 0.0852. The molecule has 3 aromatic carbocycles. The number of aromatic amines is 4. The summed E-state index contributed by atoms with van der Waals surface area (Å²) in [4.78, 5) is 44.7. The Morgan fingerprint density at radius 2 is 1.32 bits per heavy atom. The largest absolute Gasteiger partial charge is 0.353 e. The van der Waals surface area contributed by atoms with Crippen LogP contribution in [-0.4, -0.2) is 74.2 Å². The van der Waals surface area contributed by atoms with E-state index >= 15 is 0 Å². The lowest BCUT2D eigenvalue weighted by Crippen LogP contribution is -2.18. The maximum absolute atomic E-state index is 13.3. The Morgan fingerprint density at radius 1 is 0.589 bits per heavy atom. The molecule has 0 atom stereocenters. The fraction of sp³-hybridized carbons (Fsp3) is 0.0862. The van der Waals surface area contributed by atoms with E-state index in [-0.39, 0.29) is 5.91 Å². The number of nitrogens with one attached hydrogen (secondary N) is 5. The summed E-state index contributed by atoms with van der Waals surface area (Å²) >= 11 is 3.39. The lowest BCUT2D eigenvalue weighted by Gasteiger charge is -2.14. The number of thiophene rings is 2. The Kier molecular flexibility index (Phi) is 10.4. The van der Waals surface area contributed by atoms with Crippen molar-refractivity contribution in [3.05, 3.63) is 174 Å². The van der Waals surface area contributed by atoms with E-state index in [1.165, 1.54) is 28.8 Å². The van der Waals surface area contributed by atoms with E-state index in [9.17, 15) is 4.79 Å². The molecule has 10 aromatic heterocycles. The van der Waals surface area contributed by atoms with Gasteiger partial charge in [0.25, 0.3) is 5.91 Å². The van der Waals surface area contributed by atoms with Crippen LogP contribution in [0.5, 0.6) is 0 Å². The predicted molar refractivity (Wildman–Crippen MR) is 293 cm³/mol. The van der Waals surface area contributed by atoms with Gasteiger partial charge in [-0.3, -0.25) is 34.8 Å². The summed E-state index contributed by atoms with van der Waals surface area (Å²) in [6, 6.07) is 41.0. The molecule has 0 aliphatic carbocycles. The minimum Gasteiger partial charge on any atom is -0.353 e. The molecule has 0 bridgehead atoms. The number of benzene rings is 3. The first-order chi connectivity index (χ1) is 36.0. The summed E-state index contributed by atoms with van der Waals surface area (Å²) in [7, 11) is 0. The smallest absolute Gasteiger partial charge is 0.255 e. The Bertz CT molecular complexity index is 4220. The molecule has 0 radical (unpaired) electrons. The Morgan fingerprint density at radius 3 is 2.10 bits per heavy atom. The molecule has 1 saturated heterocycles. The van der Waals surface area contributed by atoms with Crippen LogP contribution in [0.3, 0.4) is 0 Å². The van der Waals surface area contributed by atoms with Gasteiger partial charge in [-0.2, -0.15) is 10.2 Å². The highest BCUT2D eigenvalue weighted by Crippen LogP contribution is 2.43. The van der Waals surface area contributed by atoms with Gasteiger partial charge >= 0.3 is 0 Å². The third-order valence-electron chi connectivity index (χ3n) is 13.8. The maximum Gasteiger partial charge on any atom is 0.255 e. The average molecular weight is 987 g/mol. The fourth-order valence-electron chi connectivity index (χ4n) is 10.2. The van der Waals surface area contributed by atoms with Gasteiger partial charge in [0.05, 0.1) is 57.6 Å². The minimum atomic E-state index is -0.219. The highest BCUT2D eigenvalue weighted by atomic mass is 32.1. The Labute approximate surface area is 425 Å². The standard InChI is InChI=1S/C58H42N12OS2/c71-58(34-9-2-1-3-10-34)62-38-20-36(28-60-29-38)48-25-44-56(50-22-41-39(52-15-8-18-72-52)11-6-13-45(41)64-50)68-69-57(44)54(65-48)37-21-53(73-32-37)40-12-7-14-46-42(40)23-49(63-46)55-43-24-47(61-30-51(43)66-67-55)35-19-33(26-59-27-35)31-70-16-4-5-17-70/h1-3,6-15,18-30,32,63-64H,4-5,16-17,31H2,(H,62,71)(H,66,67)(H,68,69). The number of carbonyl (C=O) groups excluding carboxylic acids is 1. The molecule has 1 aliphatic heterocycles. The molecule has 0 spiro atoms. The second-order valence-corrected chi connectivity index (χ2v) is 20.3. The first-order valence-corrected chi connectivity index (χ1v) is 25.9. The normalized spacial score (nSPS) is 13.0. The van der Waals surface area contributed by atoms with E-state index in [2.05, 4.69) is 136 Å². The van der Waals surface area contributed by atoms with Crippen molar-refractivity contribution in [2.24, 2.45) is 0 Å². The summed E-state index contributed by atoms with van der Waals surface area (Å²) in [6.07, 6.45) is 11.6. The zero-order chi connectivity index (χ0) is 48.4. The van der Waals surface area contributed by atoms with Crippen molar-refractivity contribution in [1.82, 2.24) is 55.2 Å². The van der Waals surface area contributed by atoms with E-state index in [0.29, 0.717) is 16.9 Å². The Balaban J connectivity index is 0.842. The molecule has 15 heteroatoms. The first kappa shape index (κ1) is 42.9. The van der Waals surface area contributed by atoms with Crippen LogP contribution in [0.15, 0.2) is 163 Å². The van der Waals surface area contributed by atoms with E-state index in [1.54, 1.807) is 47.2 Å². The van der Waals surface area contributed by atoms with Crippen molar-refractivity contribution in [1.29, 1.82) is 0 Å². The number of pyridine rings is 4. The van der Waals surface area contributed by atoms with Crippen molar-refractivity contribution in [3.8, 4) is 77.4 Å². The van der Waals surface area contributed by atoms with Gasteiger partial charge in [-0.25, -0.2) is 4.98 Å². The molecular weight excluding hydrogens is 945 g/mol. The molecule has 14 rings (SSSR count). The van der Waals surface area contributed by atoms with E-state index < -0.39 is 0 Å². The zero-order valence-electron chi connectivity index (χ0n) is 39.0. The van der Waals surface area contributed by atoms with Crippen molar-refractivity contribution in [3.63, 3.8) is 0 Å². The summed E-state index contributed by atoms with van der Waals surface area (Å²) < 4.78 is 0. The van der Waals surface area contributed by atoms with Gasteiger partial charge in [0.15, 0.2) is 0 Å². The second kappa shape index (κ2) is 17.8. The highest BCUT2D eigenvalue weighted by molar-refractivity contribution is 7.14. The summed E-state index contributed by atoms with van der Waals surface area (Å²) in [5, 5.41) is 27.8. The molecule has 0 unspecified atom stereocenters. The van der Waals surface area contributed by atoms with Gasteiger partial charge in [-0.15, -0.1) is 22.7 Å². The highest BCUT2D eigenvalue weighted by Gasteiger charge is 2.22. The number of nitrogens with zero attached hydrogens (tertiary/aromatic N) is 7. The van der Waals surface area contributed by atoms with Crippen molar-refractivity contribution in [2.45, 2.75) is 19.4 Å². The van der Waals surface area contributed by atoms with Crippen LogP contribution in [0.1, 0.15) is 28.8 Å². The van der Waals surface area contributed by atoms with Crippen LogP contribution >= 0.6 is 22.7 Å². The first-order valence-electron chi connectivity index (χ1n) is 24.1. The molecule has 13 nitrogen and oxygen atoms in total. The topological polar surface area (TPSA) is 173 Å². The molecule has 352 valence electrons. The van der Waals surface area contributed by atoms with Gasteiger partial charge in [0.2, 0.25) is 0 Å². The number of amides is 1. The number of H-pyrrole nitrogens is 4. The molecule has 1 amide bonds. The third kappa shape index (κ3) is 7.86. The number of rotatable bonds is 11. The number of anilines is 1. The SMILES string of the molecule is O=C(Nc1cncc(-c2cc3c(-c4cc5c(-c6cccs6)cccc5[nH]4)n[nH]c3c(-c3csc(-c4cccc5[nH]c(-c6n[nH]c7cnc(-c8cncc(CN9CCCC9)c8)cc67)cc45)c3)n2)c1)c1ccccc1. The van der Waals surface area contributed by atoms with E-state index in [1.807, 2.05) is 42.9 Å². The molecule has 1 aliphatic rings. The van der Waals surface area contributed by atoms with Gasteiger partial charge in [-0.1, -0.05) is 48.5 Å². The van der Waals surface area contributed by atoms with Gasteiger partial charge in [-0.05, 0) is 110 Å². The molecule has 11 heterocycles. The molecular formula is C58H42N12OS2. The zero-order valence-corrected chi connectivity index (χ0v) is 40.6. The van der Waals surface area contributed by atoms with E-state index in [4.69, 9.17) is 20.2 Å². The van der Waals surface area contributed by atoms with Gasteiger partial charge in [0, 0.05) is 106 Å². The van der Waals surface area contributed by atoms with Crippen LogP contribution < -0.4 is 5.32 Å². The van der Waals surface area contributed by atoms with Crippen molar-refractivity contribution >= 4 is 77.9 Å². The number of aromatic nitrogens is 10. The van der Waals surface area contributed by atoms with Crippen LogP contribution in [-0.2, 0) is 6.54 Å².